The molecule has 1 fully saturated rings. The second-order valence-electron chi connectivity index (χ2n) is 8.01. The number of aromatic nitrogens is 2. The minimum Gasteiger partial charge on any atom is -0.399 e. The molecule has 4 rings (SSSR count). The minimum atomic E-state index is -0.369. The van der Waals surface area contributed by atoms with Crippen molar-refractivity contribution in [2.24, 2.45) is 0 Å². The van der Waals surface area contributed by atoms with Crippen LogP contribution in [0.25, 0.3) is 22.4 Å². The van der Waals surface area contributed by atoms with E-state index >= 15 is 0 Å². The van der Waals surface area contributed by atoms with Gasteiger partial charge in [0.05, 0.1) is 22.2 Å². The fourth-order valence-electron chi connectivity index (χ4n) is 3.08. The highest BCUT2D eigenvalue weighted by Gasteiger charge is 2.51. The summed E-state index contributed by atoms with van der Waals surface area (Å²) in [6.45, 7) is 9.70. The third-order valence-electron chi connectivity index (χ3n) is 5.48. The molecule has 0 spiro atoms. The van der Waals surface area contributed by atoms with Crippen LogP contribution >= 0.6 is 0 Å². The van der Waals surface area contributed by atoms with Crippen LogP contribution in [0.2, 0.25) is 0 Å². The summed E-state index contributed by atoms with van der Waals surface area (Å²) in [5.74, 6) is 0.855. The van der Waals surface area contributed by atoms with Gasteiger partial charge in [0.25, 0.3) is 0 Å². The Morgan fingerprint density at radius 3 is 2.17 bits per heavy atom. The number of hydrogen-bond acceptors (Lipinski definition) is 5. The van der Waals surface area contributed by atoms with E-state index in [2.05, 4.69) is 56.2 Å². The van der Waals surface area contributed by atoms with Crippen LogP contribution in [0.1, 0.15) is 34.6 Å². The quantitative estimate of drug-likeness (QED) is 0.523. The summed E-state index contributed by atoms with van der Waals surface area (Å²) in [5, 5.41) is 3.13. The largest absolute Gasteiger partial charge is 0.494 e. The number of aldehydes is 1. The summed E-state index contributed by atoms with van der Waals surface area (Å²) in [4.78, 5) is 16.9. The molecule has 6 nitrogen and oxygen atoms in total. The SMILES string of the molecule is CC=O.CNc1ccc(-c2nc3ccc(B4OC(C)(C)C(C)(C)O4)cc3[nH]2)cc1. The van der Waals surface area contributed by atoms with Gasteiger partial charge in [-0.1, -0.05) is 6.07 Å². The van der Waals surface area contributed by atoms with Crippen molar-refractivity contribution >= 4 is 35.6 Å². The second kappa shape index (κ2) is 8.01. The molecule has 0 radical (unpaired) electrons. The van der Waals surface area contributed by atoms with Crippen molar-refractivity contribution in [3.63, 3.8) is 0 Å². The van der Waals surface area contributed by atoms with Gasteiger partial charge < -0.3 is 24.4 Å². The van der Waals surface area contributed by atoms with Gasteiger partial charge in [0.2, 0.25) is 0 Å². The zero-order valence-electron chi connectivity index (χ0n) is 17.9. The molecule has 1 aliphatic rings. The van der Waals surface area contributed by atoms with Crippen molar-refractivity contribution in [2.45, 2.75) is 45.8 Å². The number of rotatable bonds is 3. The summed E-state index contributed by atoms with van der Waals surface area (Å²) in [6, 6.07) is 14.3. The normalized spacial score (nSPS) is 17.0. The van der Waals surface area contributed by atoms with Crippen molar-refractivity contribution in [3.8, 4) is 11.4 Å². The number of anilines is 1. The lowest BCUT2D eigenvalue weighted by atomic mass is 9.79. The Bertz CT molecular complexity index is 980. The topological polar surface area (TPSA) is 76.2 Å². The molecular weight excluding hydrogens is 365 g/mol. The zero-order valence-corrected chi connectivity index (χ0v) is 17.9. The first-order valence-corrected chi connectivity index (χ1v) is 9.74. The van der Waals surface area contributed by atoms with Gasteiger partial charge >= 0.3 is 7.12 Å². The lowest BCUT2D eigenvalue weighted by Crippen LogP contribution is -2.41. The Balaban J connectivity index is 0.000000755. The van der Waals surface area contributed by atoms with Gasteiger partial charge in [-0.25, -0.2) is 4.98 Å². The number of benzene rings is 2. The summed E-state index contributed by atoms with van der Waals surface area (Å²) in [6.07, 6.45) is 0.750. The minimum absolute atomic E-state index is 0.346. The van der Waals surface area contributed by atoms with Gasteiger partial charge in [0.15, 0.2) is 0 Å². The third kappa shape index (κ3) is 4.21. The van der Waals surface area contributed by atoms with E-state index in [4.69, 9.17) is 19.1 Å². The van der Waals surface area contributed by atoms with Gasteiger partial charge in [-0.05, 0) is 76.5 Å². The number of nitrogens with one attached hydrogen (secondary N) is 2. The number of H-pyrrole nitrogens is 1. The number of carbonyl (C=O) groups is 1. The lowest BCUT2D eigenvalue weighted by Gasteiger charge is -2.32. The van der Waals surface area contributed by atoms with Gasteiger partial charge in [-0.2, -0.15) is 0 Å². The van der Waals surface area contributed by atoms with Gasteiger partial charge in [-0.15, -0.1) is 0 Å². The Kier molecular flexibility index (Phi) is 5.82. The fraction of sp³-hybridized carbons (Fsp3) is 0.364. The number of imidazole rings is 1. The Morgan fingerprint density at radius 2 is 1.62 bits per heavy atom. The van der Waals surface area contributed by atoms with Crippen molar-refractivity contribution < 1.29 is 14.1 Å². The highest BCUT2D eigenvalue weighted by molar-refractivity contribution is 6.62. The monoisotopic (exact) mass is 393 g/mol. The average molecular weight is 393 g/mol. The molecule has 7 heteroatoms. The molecular formula is C22H28BN3O3. The van der Waals surface area contributed by atoms with E-state index in [1.165, 1.54) is 6.92 Å². The number of fused-ring (bicyclic) bond motifs is 1. The first-order valence-electron chi connectivity index (χ1n) is 9.74. The van der Waals surface area contributed by atoms with Crippen LogP contribution in [-0.4, -0.2) is 41.6 Å². The Morgan fingerprint density at radius 1 is 1.03 bits per heavy atom. The van der Waals surface area contributed by atoms with E-state index in [9.17, 15) is 0 Å². The molecule has 0 amide bonds. The molecule has 2 N–H and O–H groups in total. The van der Waals surface area contributed by atoms with Crippen LogP contribution in [0.3, 0.4) is 0 Å². The molecule has 1 aliphatic heterocycles. The Labute approximate surface area is 172 Å². The molecule has 0 atom stereocenters. The first-order chi connectivity index (χ1) is 13.7. The second-order valence-corrected chi connectivity index (χ2v) is 8.01. The molecule has 3 aromatic rings. The van der Waals surface area contributed by atoms with Gasteiger partial charge in [-0.3, -0.25) is 0 Å². The predicted octanol–water partition coefficient (Wildman–Crippen LogP) is 3.78. The summed E-state index contributed by atoms with van der Waals surface area (Å²) in [7, 11) is 1.54. The van der Waals surface area contributed by atoms with Crippen LogP contribution in [0, 0.1) is 0 Å². The zero-order chi connectivity index (χ0) is 21.2. The van der Waals surface area contributed by atoms with E-state index in [1.807, 2.05) is 31.3 Å². The number of carbonyl (C=O) groups excluding carboxylic acids is 1. The third-order valence-corrected chi connectivity index (χ3v) is 5.48. The van der Waals surface area contributed by atoms with E-state index in [1.54, 1.807) is 0 Å². The van der Waals surface area contributed by atoms with Crippen LogP contribution < -0.4 is 10.8 Å². The van der Waals surface area contributed by atoms with Crippen molar-refractivity contribution in [1.82, 2.24) is 9.97 Å². The smallest absolute Gasteiger partial charge is 0.399 e. The fourth-order valence-corrected chi connectivity index (χ4v) is 3.08. The van der Waals surface area contributed by atoms with Gasteiger partial charge in [0.1, 0.15) is 12.1 Å². The maximum absolute atomic E-state index is 8.81. The van der Waals surface area contributed by atoms with Gasteiger partial charge in [0, 0.05) is 18.3 Å². The molecule has 1 saturated heterocycles. The molecule has 2 aromatic carbocycles. The van der Waals surface area contributed by atoms with E-state index in [0.717, 1.165) is 39.9 Å². The highest BCUT2D eigenvalue weighted by Crippen LogP contribution is 2.36. The highest BCUT2D eigenvalue weighted by atomic mass is 16.7. The molecule has 1 aromatic heterocycles. The number of aromatic amines is 1. The molecule has 2 heterocycles. The van der Waals surface area contributed by atoms with E-state index in [0.29, 0.717) is 0 Å². The lowest BCUT2D eigenvalue weighted by molar-refractivity contribution is -0.106. The standard InChI is InChI=1S/C20H24BN3O2.C2H4O/c1-19(2)20(3,4)26-21(25-19)14-8-11-16-17(12-14)24-18(23-16)13-6-9-15(22-5)10-7-13;1-2-3/h6-12,22H,1-5H3,(H,23,24);2H,1H3. The molecule has 0 aliphatic carbocycles. The Hall–Kier alpha value is -2.64. The van der Waals surface area contributed by atoms with Crippen LogP contribution in [-0.2, 0) is 14.1 Å². The van der Waals surface area contributed by atoms with Crippen LogP contribution in [0.15, 0.2) is 42.5 Å². The summed E-state index contributed by atoms with van der Waals surface area (Å²) < 4.78 is 12.3. The molecule has 152 valence electrons. The van der Waals surface area contributed by atoms with Crippen molar-refractivity contribution in [2.75, 3.05) is 12.4 Å². The van der Waals surface area contributed by atoms with E-state index in [-0.39, 0.29) is 18.3 Å². The molecule has 0 unspecified atom stereocenters. The molecule has 0 bridgehead atoms. The van der Waals surface area contributed by atoms with Crippen LogP contribution in [0.4, 0.5) is 5.69 Å². The van der Waals surface area contributed by atoms with E-state index < -0.39 is 0 Å². The number of nitrogens with zero attached hydrogens (tertiary/aromatic N) is 1. The molecule has 29 heavy (non-hydrogen) atoms. The maximum atomic E-state index is 8.81. The van der Waals surface area contributed by atoms with Crippen LogP contribution in [0.5, 0.6) is 0 Å². The average Bonchev–Trinajstić information content (AvgIpc) is 3.19. The maximum Gasteiger partial charge on any atom is 0.494 e. The van der Waals surface area contributed by atoms with Crippen molar-refractivity contribution in [3.05, 3.63) is 42.5 Å². The predicted molar refractivity (Wildman–Crippen MR) is 119 cm³/mol. The number of hydrogen-bond donors (Lipinski definition) is 2. The summed E-state index contributed by atoms with van der Waals surface area (Å²) >= 11 is 0. The first kappa shape index (κ1) is 21.1. The molecule has 0 saturated carbocycles. The van der Waals surface area contributed by atoms with Crippen molar-refractivity contribution in [1.29, 1.82) is 0 Å². The summed E-state index contributed by atoms with van der Waals surface area (Å²) in [5.41, 5.74) is 4.34.